The zero-order chi connectivity index (χ0) is 28.5. The Bertz CT molecular complexity index is 695. The predicted octanol–water partition coefficient (Wildman–Crippen LogP) is 6.03. The van der Waals surface area contributed by atoms with E-state index < -0.39 is 0 Å². The van der Waals surface area contributed by atoms with E-state index in [1.165, 1.54) is 0 Å². The third-order valence-electron chi connectivity index (χ3n) is 9.06. The first-order valence-corrected chi connectivity index (χ1v) is 15.7. The van der Waals surface area contributed by atoms with Gasteiger partial charge in [0.15, 0.2) is 6.29 Å². The van der Waals surface area contributed by atoms with E-state index >= 15 is 0 Å². The molecule has 3 saturated heterocycles. The molecule has 0 aromatic heterocycles. The van der Waals surface area contributed by atoms with Crippen LogP contribution in [0.15, 0.2) is 0 Å². The van der Waals surface area contributed by atoms with Gasteiger partial charge in [0.2, 0.25) is 0 Å². The highest BCUT2D eigenvalue weighted by atomic mass is 16.7. The molecule has 0 radical (unpaired) electrons. The van der Waals surface area contributed by atoms with Crippen LogP contribution < -0.4 is 16.0 Å². The molecule has 0 bridgehead atoms. The van der Waals surface area contributed by atoms with E-state index in [9.17, 15) is 0 Å². The Labute approximate surface area is 235 Å². The number of hydrogen-bond acceptors (Lipinski definition) is 6. The lowest BCUT2D eigenvalue weighted by molar-refractivity contribution is -0.240. The van der Waals surface area contributed by atoms with Gasteiger partial charge < -0.3 is 30.2 Å². The number of rotatable bonds is 10. The van der Waals surface area contributed by atoms with Gasteiger partial charge in [0.1, 0.15) is 0 Å². The summed E-state index contributed by atoms with van der Waals surface area (Å²) in [6.45, 7) is 28.1. The van der Waals surface area contributed by atoms with Crippen LogP contribution in [0.5, 0.6) is 0 Å². The lowest BCUT2D eigenvalue weighted by Crippen LogP contribution is -2.58. The molecule has 0 aromatic carbocycles. The lowest BCUT2D eigenvalue weighted by atomic mass is 9.83. The molecule has 6 unspecified atom stereocenters. The van der Waals surface area contributed by atoms with Gasteiger partial charge in [-0.3, -0.25) is 0 Å². The van der Waals surface area contributed by atoms with Crippen molar-refractivity contribution in [3.63, 3.8) is 0 Å². The quantitative estimate of drug-likeness (QED) is 0.296. The predicted molar refractivity (Wildman–Crippen MR) is 158 cm³/mol. The maximum Gasteiger partial charge on any atom is 0.181 e. The van der Waals surface area contributed by atoms with Crippen LogP contribution in [0.3, 0.4) is 0 Å². The molecular formula is C32H63N3O3. The molecule has 38 heavy (non-hydrogen) atoms. The molecule has 6 nitrogen and oxygen atoms in total. The standard InChI is InChI=1S/C32H63N3O3/c1-20(2)26-13-23(16-30(7,8)33-26)36-19-29(37-24-14-27(21(3)4)34-31(9,10)17-24)38-25-15-28(22(5)6)35-32(11,12)18-25/h20-29,33-35H,13-19H2,1-12H3. The summed E-state index contributed by atoms with van der Waals surface area (Å²) in [7, 11) is 0. The van der Waals surface area contributed by atoms with Crippen LogP contribution in [0.1, 0.15) is 122 Å². The Morgan fingerprint density at radius 2 is 0.868 bits per heavy atom. The van der Waals surface area contributed by atoms with Crippen LogP contribution in [-0.2, 0) is 14.2 Å². The highest BCUT2D eigenvalue weighted by molar-refractivity contribution is 4.96. The van der Waals surface area contributed by atoms with Gasteiger partial charge in [-0.25, -0.2) is 0 Å². The highest BCUT2D eigenvalue weighted by Crippen LogP contribution is 2.33. The van der Waals surface area contributed by atoms with Gasteiger partial charge in [-0.1, -0.05) is 41.5 Å². The molecule has 224 valence electrons. The third kappa shape index (κ3) is 9.69. The highest BCUT2D eigenvalue weighted by Gasteiger charge is 2.40. The van der Waals surface area contributed by atoms with Crippen LogP contribution in [0.4, 0.5) is 0 Å². The van der Waals surface area contributed by atoms with Crippen molar-refractivity contribution >= 4 is 0 Å². The van der Waals surface area contributed by atoms with Crippen molar-refractivity contribution in [3.05, 3.63) is 0 Å². The zero-order valence-electron chi connectivity index (χ0n) is 26.9. The van der Waals surface area contributed by atoms with Crippen LogP contribution in [0, 0.1) is 17.8 Å². The summed E-state index contributed by atoms with van der Waals surface area (Å²) in [5, 5.41) is 11.5. The Morgan fingerprint density at radius 1 is 0.553 bits per heavy atom. The monoisotopic (exact) mass is 537 g/mol. The first-order chi connectivity index (χ1) is 17.4. The maximum absolute atomic E-state index is 6.87. The van der Waals surface area contributed by atoms with Crippen molar-refractivity contribution in [2.45, 2.75) is 181 Å². The van der Waals surface area contributed by atoms with Gasteiger partial charge in [-0.15, -0.1) is 0 Å². The van der Waals surface area contributed by atoms with Crippen LogP contribution in [-0.4, -0.2) is 66.0 Å². The van der Waals surface area contributed by atoms with Crippen LogP contribution in [0.2, 0.25) is 0 Å². The van der Waals surface area contributed by atoms with Crippen molar-refractivity contribution < 1.29 is 14.2 Å². The fourth-order valence-electron chi connectivity index (χ4n) is 7.07. The van der Waals surface area contributed by atoms with E-state index in [1.54, 1.807) is 0 Å². The normalized spacial score (nSPS) is 36.1. The molecule has 0 amide bonds. The van der Waals surface area contributed by atoms with Gasteiger partial charge in [0.05, 0.1) is 24.9 Å². The summed E-state index contributed by atoms with van der Waals surface area (Å²) in [5.74, 6) is 1.72. The van der Waals surface area contributed by atoms with Gasteiger partial charge in [-0.05, 0) is 97.8 Å². The first-order valence-electron chi connectivity index (χ1n) is 15.7. The van der Waals surface area contributed by atoms with Crippen LogP contribution in [0.25, 0.3) is 0 Å². The number of nitrogens with one attached hydrogen (secondary N) is 3. The summed E-state index contributed by atoms with van der Waals surface area (Å²) in [6.07, 6.45) is 6.25. The summed E-state index contributed by atoms with van der Waals surface area (Å²) >= 11 is 0. The molecule has 0 saturated carbocycles. The molecule has 0 spiro atoms. The first kappa shape index (κ1) is 32.3. The Morgan fingerprint density at radius 3 is 1.21 bits per heavy atom. The lowest BCUT2D eigenvalue weighted by Gasteiger charge is -2.46. The van der Waals surface area contributed by atoms with Crippen molar-refractivity contribution in [1.29, 1.82) is 0 Å². The minimum absolute atomic E-state index is 0.0479. The molecule has 3 aliphatic rings. The van der Waals surface area contributed by atoms with E-state index in [4.69, 9.17) is 14.2 Å². The fourth-order valence-corrected chi connectivity index (χ4v) is 7.07. The zero-order valence-corrected chi connectivity index (χ0v) is 26.9. The van der Waals surface area contributed by atoms with Gasteiger partial charge in [0, 0.05) is 34.7 Å². The van der Waals surface area contributed by atoms with Gasteiger partial charge in [-0.2, -0.15) is 0 Å². The van der Waals surface area contributed by atoms with Crippen molar-refractivity contribution in [3.8, 4) is 0 Å². The molecule has 6 heteroatoms. The summed E-state index contributed by atoms with van der Waals surface area (Å²) in [5.41, 5.74) is 0.167. The molecule has 3 N–H and O–H groups in total. The molecule has 3 heterocycles. The minimum atomic E-state index is -0.344. The number of ether oxygens (including phenoxy) is 3. The third-order valence-corrected chi connectivity index (χ3v) is 9.06. The topological polar surface area (TPSA) is 63.8 Å². The average molecular weight is 538 g/mol. The largest absolute Gasteiger partial charge is 0.373 e. The molecule has 3 fully saturated rings. The Kier molecular flexibility index (Phi) is 10.8. The maximum atomic E-state index is 6.87. The van der Waals surface area contributed by atoms with E-state index in [2.05, 4.69) is 99.0 Å². The molecule has 0 aromatic rings. The van der Waals surface area contributed by atoms with Gasteiger partial charge in [0.25, 0.3) is 0 Å². The summed E-state index contributed by atoms with van der Waals surface area (Å²) < 4.78 is 20.4. The van der Waals surface area contributed by atoms with E-state index in [1.807, 2.05) is 0 Å². The van der Waals surface area contributed by atoms with E-state index in [0.717, 1.165) is 38.5 Å². The van der Waals surface area contributed by atoms with Crippen molar-refractivity contribution in [2.24, 2.45) is 17.8 Å². The van der Waals surface area contributed by atoms with E-state index in [-0.39, 0.29) is 41.2 Å². The molecule has 6 atom stereocenters. The van der Waals surface area contributed by atoms with Crippen molar-refractivity contribution in [2.75, 3.05) is 6.61 Å². The SMILES string of the molecule is CC(C)C1CC(OCC(OC2CC(C(C)C)NC(C)(C)C2)OC2CC(C(C)C)NC(C)(C)C2)CC(C)(C)N1. The molecule has 3 aliphatic heterocycles. The Hall–Kier alpha value is -0.240. The Balaban J connectivity index is 1.73. The second-order valence-corrected chi connectivity index (χ2v) is 15.9. The second-order valence-electron chi connectivity index (χ2n) is 15.9. The van der Waals surface area contributed by atoms with Crippen LogP contribution >= 0.6 is 0 Å². The minimum Gasteiger partial charge on any atom is -0.373 e. The van der Waals surface area contributed by atoms with Gasteiger partial charge >= 0.3 is 0 Å². The number of piperidine rings is 3. The van der Waals surface area contributed by atoms with E-state index in [0.29, 0.717) is 42.5 Å². The fraction of sp³-hybridized carbons (Fsp3) is 1.00. The molecule has 3 rings (SSSR count). The summed E-state index contributed by atoms with van der Waals surface area (Å²) in [6, 6.07) is 1.37. The second kappa shape index (κ2) is 12.7. The summed E-state index contributed by atoms with van der Waals surface area (Å²) in [4.78, 5) is 0. The van der Waals surface area contributed by atoms with Crippen molar-refractivity contribution in [1.82, 2.24) is 16.0 Å². The molecular weight excluding hydrogens is 474 g/mol. The molecule has 0 aliphatic carbocycles. The average Bonchev–Trinajstić information content (AvgIpc) is 2.74. The smallest absolute Gasteiger partial charge is 0.181 e. The number of hydrogen-bond donors (Lipinski definition) is 3.